The Bertz CT molecular complexity index is 637. The molecule has 21 heavy (non-hydrogen) atoms. The lowest BCUT2D eigenvalue weighted by Gasteiger charge is -2.21. The minimum atomic E-state index is -4.58. The van der Waals surface area contributed by atoms with Crippen LogP contribution < -0.4 is 10.5 Å². The summed E-state index contributed by atoms with van der Waals surface area (Å²) in [4.78, 5) is -0.185. The summed E-state index contributed by atoms with van der Waals surface area (Å²) in [6, 6.07) is 4.24. The average Bonchev–Trinajstić information content (AvgIpc) is 3.17. The summed E-state index contributed by atoms with van der Waals surface area (Å²) >= 11 is 0. The lowest BCUT2D eigenvalue weighted by molar-refractivity contribution is -0.160. The molecule has 0 heterocycles. The number of nitrogens with two attached hydrogens (primary N) is 1. The number of rotatable bonds is 5. The van der Waals surface area contributed by atoms with Crippen LogP contribution in [0, 0.1) is 0 Å². The van der Waals surface area contributed by atoms with Crippen LogP contribution in [0.15, 0.2) is 23.1 Å². The summed E-state index contributed by atoms with van der Waals surface area (Å²) in [7, 11) is -4.22. The van der Waals surface area contributed by atoms with Gasteiger partial charge in [0.25, 0.3) is 0 Å². The quantitative estimate of drug-likeness (QED) is 0.872. The van der Waals surface area contributed by atoms with Gasteiger partial charge in [0.15, 0.2) is 0 Å². The molecule has 0 aliphatic heterocycles. The van der Waals surface area contributed by atoms with Gasteiger partial charge in [-0.3, -0.25) is 0 Å². The molecule has 118 valence electrons. The van der Waals surface area contributed by atoms with Gasteiger partial charge in [-0.2, -0.15) is 17.9 Å². The van der Waals surface area contributed by atoms with Crippen molar-refractivity contribution in [2.45, 2.75) is 49.3 Å². The van der Waals surface area contributed by atoms with Gasteiger partial charge in [0.2, 0.25) is 10.0 Å². The van der Waals surface area contributed by atoms with Crippen LogP contribution in [0.3, 0.4) is 0 Å². The molecule has 0 saturated heterocycles. The fraction of sp³-hybridized carbons (Fsp3) is 0.538. The molecule has 3 N–H and O–H groups in total. The van der Waals surface area contributed by atoms with Crippen molar-refractivity contribution in [1.82, 2.24) is 4.72 Å². The zero-order valence-corrected chi connectivity index (χ0v) is 12.3. The zero-order chi connectivity index (χ0) is 15.9. The van der Waals surface area contributed by atoms with Crippen LogP contribution >= 0.6 is 0 Å². The van der Waals surface area contributed by atoms with E-state index in [0.717, 1.165) is 5.56 Å². The van der Waals surface area contributed by atoms with Crippen LogP contribution in [-0.4, -0.2) is 20.1 Å². The van der Waals surface area contributed by atoms with E-state index in [1.54, 1.807) is 10.8 Å². The van der Waals surface area contributed by atoms with Crippen molar-refractivity contribution in [3.63, 3.8) is 0 Å². The molecule has 8 heteroatoms. The maximum absolute atomic E-state index is 12.9. The monoisotopic (exact) mass is 322 g/mol. The molecule has 2 rings (SSSR count). The summed E-state index contributed by atoms with van der Waals surface area (Å²) in [5.41, 5.74) is 4.75. The third-order valence-corrected chi connectivity index (χ3v) is 5.25. The second-order valence-electron chi connectivity index (χ2n) is 5.17. The number of hydrogen-bond donors (Lipinski definition) is 2. The third-order valence-electron chi connectivity index (χ3n) is 3.71. The Kier molecular flexibility index (Phi) is 4.07. The first-order valence-corrected chi connectivity index (χ1v) is 8.06. The van der Waals surface area contributed by atoms with Gasteiger partial charge in [-0.05, 0) is 42.5 Å². The summed E-state index contributed by atoms with van der Waals surface area (Å²) < 4.78 is 64.7. The molecule has 1 saturated carbocycles. The number of alkyl halides is 3. The second kappa shape index (κ2) is 5.26. The topological polar surface area (TPSA) is 72.2 Å². The van der Waals surface area contributed by atoms with Gasteiger partial charge >= 0.3 is 6.18 Å². The number of sulfonamides is 1. The Morgan fingerprint density at radius 2 is 1.90 bits per heavy atom. The fourth-order valence-electron chi connectivity index (χ4n) is 2.19. The third kappa shape index (κ3) is 3.07. The molecule has 0 atom stereocenters. The molecule has 1 aromatic carbocycles. The predicted octanol–water partition coefficient (Wildman–Crippen LogP) is 2.08. The highest BCUT2D eigenvalue weighted by atomic mass is 32.2. The van der Waals surface area contributed by atoms with Gasteiger partial charge in [0.05, 0.1) is 4.90 Å². The summed E-state index contributed by atoms with van der Waals surface area (Å²) in [6.07, 6.45) is -4.37. The Morgan fingerprint density at radius 3 is 2.33 bits per heavy atom. The first-order chi connectivity index (χ1) is 9.65. The predicted molar refractivity (Wildman–Crippen MR) is 72.1 cm³/mol. The number of nitrogens with one attached hydrogen (secondary N) is 1. The summed E-state index contributed by atoms with van der Waals surface area (Å²) in [6.45, 7) is 2.03. The smallest absolute Gasteiger partial charge is 0.326 e. The highest BCUT2D eigenvalue weighted by Gasteiger charge is 2.65. The number of halogens is 3. The maximum atomic E-state index is 12.9. The highest BCUT2D eigenvalue weighted by Crippen LogP contribution is 2.49. The van der Waals surface area contributed by atoms with Crippen molar-refractivity contribution in [3.05, 3.63) is 29.3 Å². The minimum absolute atomic E-state index is 0.136. The van der Waals surface area contributed by atoms with Crippen LogP contribution in [0.5, 0.6) is 0 Å². The van der Waals surface area contributed by atoms with Gasteiger partial charge in [0, 0.05) is 6.54 Å². The van der Waals surface area contributed by atoms with E-state index in [2.05, 4.69) is 0 Å². The lowest BCUT2D eigenvalue weighted by atomic mass is 10.1. The Hall–Kier alpha value is -1.12. The molecule has 1 aliphatic carbocycles. The van der Waals surface area contributed by atoms with Crippen LogP contribution in [0.2, 0.25) is 0 Å². The Morgan fingerprint density at radius 1 is 1.29 bits per heavy atom. The molecule has 1 fully saturated rings. The molecule has 1 aliphatic rings. The molecule has 1 aromatic rings. The van der Waals surface area contributed by atoms with Crippen LogP contribution in [0.4, 0.5) is 13.2 Å². The number of hydrogen-bond acceptors (Lipinski definition) is 3. The lowest BCUT2D eigenvalue weighted by Crippen LogP contribution is -2.47. The van der Waals surface area contributed by atoms with E-state index in [4.69, 9.17) is 5.73 Å². The van der Waals surface area contributed by atoms with E-state index in [1.165, 1.54) is 12.1 Å². The van der Waals surface area contributed by atoms with Crippen molar-refractivity contribution in [3.8, 4) is 0 Å². The average molecular weight is 322 g/mol. The van der Waals surface area contributed by atoms with E-state index in [1.807, 2.05) is 6.92 Å². The molecule has 0 bridgehead atoms. The molecular formula is C13H17F3N2O2S. The second-order valence-corrected chi connectivity index (χ2v) is 6.86. The summed E-state index contributed by atoms with van der Waals surface area (Å²) in [5, 5.41) is 0. The number of benzene rings is 1. The Labute approximate surface area is 121 Å². The standard InChI is InChI=1S/C13H17F3N2O2S/c1-2-9-3-4-11(7-10(9)8-17)21(19,20)18-12(5-6-12)13(14,15)16/h3-4,7,18H,2,5-6,8,17H2,1H3. The normalized spacial score (nSPS) is 17.8. The maximum Gasteiger partial charge on any atom is 0.407 e. The van der Waals surface area contributed by atoms with Crippen molar-refractivity contribution in [1.29, 1.82) is 0 Å². The van der Waals surface area contributed by atoms with E-state index < -0.39 is 21.7 Å². The molecule has 4 nitrogen and oxygen atoms in total. The van der Waals surface area contributed by atoms with Crippen molar-refractivity contribution < 1.29 is 21.6 Å². The van der Waals surface area contributed by atoms with Crippen LogP contribution in [0.25, 0.3) is 0 Å². The van der Waals surface area contributed by atoms with Crippen molar-refractivity contribution >= 4 is 10.0 Å². The van der Waals surface area contributed by atoms with Gasteiger partial charge in [-0.25, -0.2) is 8.42 Å². The van der Waals surface area contributed by atoms with E-state index >= 15 is 0 Å². The summed E-state index contributed by atoms with van der Waals surface area (Å²) in [5.74, 6) is 0. The highest BCUT2D eigenvalue weighted by molar-refractivity contribution is 7.89. The molecule has 0 aromatic heterocycles. The van der Waals surface area contributed by atoms with Gasteiger partial charge in [-0.15, -0.1) is 0 Å². The Balaban J connectivity index is 2.33. The van der Waals surface area contributed by atoms with Gasteiger partial charge in [-0.1, -0.05) is 13.0 Å². The molecular weight excluding hydrogens is 305 g/mol. The fourth-order valence-corrected chi connectivity index (χ4v) is 3.69. The van der Waals surface area contributed by atoms with Crippen LogP contribution in [0.1, 0.15) is 30.9 Å². The molecule has 0 unspecified atom stereocenters. The van der Waals surface area contributed by atoms with Crippen molar-refractivity contribution in [2.24, 2.45) is 5.73 Å². The number of aryl methyl sites for hydroxylation is 1. The van der Waals surface area contributed by atoms with Gasteiger partial charge in [0.1, 0.15) is 5.54 Å². The minimum Gasteiger partial charge on any atom is -0.326 e. The van der Waals surface area contributed by atoms with E-state index in [-0.39, 0.29) is 24.3 Å². The largest absolute Gasteiger partial charge is 0.407 e. The molecule has 0 spiro atoms. The van der Waals surface area contributed by atoms with Gasteiger partial charge < -0.3 is 5.73 Å². The van der Waals surface area contributed by atoms with E-state index in [0.29, 0.717) is 12.0 Å². The SMILES string of the molecule is CCc1ccc(S(=O)(=O)NC2(C(F)(F)F)CC2)cc1CN. The molecule has 0 amide bonds. The first kappa shape index (κ1) is 16.3. The van der Waals surface area contributed by atoms with Crippen LogP contribution in [-0.2, 0) is 23.0 Å². The zero-order valence-electron chi connectivity index (χ0n) is 11.5. The van der Waals surface area contributed by atoms with Crippen molar-refractivity contribution in [2.75, 3.05) is 0 Å². The first-order valence-electron chi connectivity index (χ1n) is 6.58. The molecule has 0 radical (unpaired) electrons. The van der Waals surface area contributed by atoms with E-state index in [9.17, 15) is 21.6 Å².